The number of aryl methyl sites for hydroxylation is 1. The van der Waals surface area contributed by atoms with E-state index >= 15 is 0 Å². The molecular formula is C20H21NO4S. The van der Waals surface area contributed by atoms with Crippen LogP contribution < -0.4 is 0 Å². The molecule has 0 radical (unpaired) electrons. The van der Waals surface area contributed by atoms with Gasteiger partial charge in [0.2, 0.25) is 10.0 Å². The zero-order valence-electron chi connectivity index (χ0n) is 14.5. The second-order valence-electron chi connectivity index (χ2n) is 6.69. The summed E-state index contributed by atoms with van der Waals surface area (Å²) in [7, 11) is -3.67. The van der Waals surface area contributed by atoms with E-state index in [1.807, 2.05) is 13.0 Å². The number of sulfonamides is 1. The number of hydrogen-bond donors (Lipinski definition) is 0. The van der Waals surface area contributed by atoms with Crippen molar-refractivity contribution in [1.82, 2.24) is 4.31 Å². The standard InChI is InChI=1S/C20H21NO4S/c1-15-7-9-19(10-8-15)26(24,25)21-12-17(18(13-21)14-22)11-20(23)16-5-3-2-4-6-16/h2-10,14,17-18H,11-13H2,1H3/t17-,18+/m1/s1. The highest BCUT2D eigenvalue weighted by molar-refractivity contribution is 7.89. The highest BCUT2D eigenvalue weighted by atomic mass is 32.2. The minimum absolute atomic E-state index is 0.0722. The predicted octanol–water partition coefficient (Wildman–Crippen LogP) is 2.70. The average Bonchev–Trinajstić information content (AvgIpc) is 3.06. The number of rotatable bonds is 6. The fraction of sp³-hybridized carbons (Fsp3) is 0.300. The van der Waals surface area contributed by atoms with E-state index in [0.717, 1.165) is 11.8 Å². The molecule has 0 unspecified atom stereocenters. The molecule has 136 valence electrons. The smallest absolute Gasteiger partial charge is 0.243 e. The van der Waals surface area contributed by atoms with E-state index < -0.39 is 15.9 Å². The Morgan fingerprint density at radius 3 is 2.35 bits per heavy atom. The number of carbonyl (C=O) groups is 2. The molecule has 26 heavy (non-hydrogen) atoms. The predicted molar refractivity (Wildman–Crippen MR) is 98.4 cm³/mol. The van der Waals surface area contributed by atoms with Crippen molar-refractivity contribution >= 4 is 22.1 Å². The van der Waals surface area contributed by atoms with E-state index in [9.17, 15) is 18.0 Å². The molecule has 1 aliphatic heterocycles. The van der Waals surface area contributed by atoms with Gasteiger partial charge in [-0.25, -0.2) is 8.42 Å². The normalized spacial score (nSPS) is 20.8. The molecule has 0 bridgehead atoms. The Labute approximate surface area is 153 Å². The van der Waals surface area contributed by atoms with Gasteiger partial charge < -0.3 is 4.79 Å². The van der Waals surface area contributed by atoms with E-state index in [1.54, 1.807) is 48.5 Å². The number of aldehydes is 1. The third-order valence-corrected chi connectivity index (χ3v) is 6.68. The van der Waals surface area contributed by atoms with Gasteiger partial charge in [-0.2, -0.15) is 4.31 Å². The van der Waals surface area contributed by atoms with Gasteiger partial charge in [-0.05, 0) is 25.0 Å². The van der Waals surface area contributed by atoms with Crippen LogP contribution in [0, 0.1) is 18.8 Å². The zero-order valence-corrected chi connectivity index (χ0v) is 15.4. The molecule has 0 aliphatic carbocycles. The molecule has 2 aromatic rings. The third kappa shape index (κ3) is 3.76. The molecule has 0 saturated carbocycles. The summed E-state index contributed by atoms with van der Waals surface area (Å²) < 4.78 is 27.0. The Balaban J connectivity index is 1.77. The first kappa shape index (κ1) is 18.5. The number of ketones is 1. The van der Waals surface area contributed by atoms with E-state index in [2.05, 4.69) is 0 Å². The largest absolute Gasteiger partial charge is 0.303 e. The van der Waals surface area contributed by atoms with Gasteiger partial charge in [0.15, 0.2) is 5.78 Å². The summed E-state index contributed by atoms with van der Waals surface area (Å²) in [6.45, 7) is 2.19. The quantitative estimate of drug-likeness (QED) is 0.578. The van der Waals surface area contributed by atoms with Crippen molar-refractivity contribution in [3.63, 3.8) is 0 Å². The number of hydrogen-bond acceptors (Lipinski definition) is 4. The van der Waals surface area contributed by atoms with Crippen LogP contribution in [-0.4, -0.2) is 37.9 Å². The van der Waals surface area contributed by atoms with E-state index in [1.165, 1.54) is 4.31 Å². The van der Waals surface area contributed by atoms with Crippen LogP contribution in [0.25, 0.3) is 0 Å². The third-order valence-electron chi connectivity index (χ3n) is 4.83. The van der Waals surface area contributed by atoms with Gasteiger partial charge in [0, 0.05) is 31.0 Å². The molecule has 0 spiro atoms. The molecule has 5 nitrogen and oxygen atoms in total. The van der Waals surface area contributed by atoms with Crippen molar-refractivity contribution in [1.29, 1.82) is 0 Å². The van der Waals surface area contributed by atoms with Crippen molar-refractivity contribution in [3.8, 4) is 0 Å². The highest BCUT2D eigenvalue weighted by Crippen LogP contribution is 2.30. The first-order valence-electron chi connectivity index (χ1n) is 8.52. The van der Waals surface area contributed by atoms with Crippen molar-refractivity contribution in [2.45, 2.75) is 18.2 Å². The maximum absolute atomic E-state index is 12.8. The first-order chi connectivity index (χ1) is 12.4. The summed E-state index contributed by atoms with van der Waals surface area (Å²) in [6.07, 6.45) is 0.931. The van der Waals surface area contributed by atoms with Gasteiger partial charge in [-0.15, -0.1) is 0 Å². The fourth-order valence-electron chi connectivity index (χ4n) is 3.26. The Morgan fingerprint density at radius 2 is 1.73 bits per heavy atom. The molecule has 1 fully saturated rings. The van der Waals surface area contributed by atoms with E-state index in [4.69, 9.17) is 0 Å². The molecule has 1 aliphatic rings. The van der Waals surface area contributed by atoms with Crippen molar-refractivity contribution < 1.29 is 18.0 Å². The minimum Gasteiger partial charge on any atom is -0.303 e. The van der Waals surface area contributed by atoms with E-state index in [-0.39, 0.29) is 36.1 Å². The van der Waals surface area contributed by atoms with Crippen LogP contribution in [0.2, 0.25) is 0 Å². The molecule has 2 aromatic carbocycles. The first-order valence-corrected chi connectivity index (χ1v) is 9.96. The molecule has 1 heterocycles. The van der Waals surface area contributed by atoms with Crippen molar-refractivity contribution in [2.24, 2.45) is 11.8 Å². The van der Waals surface area contributed by atoms with Gasteiger partial charge in [-0.3, -0.25) is 4.79 Å². The second kappa shape index (κ2) is 7.51. The lowest BCUT2D eigenvalue weighted by Gasteiger charge is -2.16. The van der Waals surface area contributed by atoms with Gasteiger partial charge in [0.25, 0.3) is 0 Å². The molecule has 0 N–H and O–H groups in total. The summed E-state index contributed by atoms with van der Waals surface area (Å²) in [5, 5.41) is 0. The van der Waals surface area contributed by atoms with Gasteiger partial charge in [0.1, 0.15) is 6.29 Å². The summed E-state index contributed by atoms with van der Waals surface area (Å²) >= 11 is 0. The number of Topliss-reactive ketones (excluding diaryl/α,β-unsaturated/α-hetero) is 1. The van der Waals surface area contributed by atoms with Crippen molar-refractivity contribution in [2.75, 3.05) is 13.1 Å². The van der Waals surface area contributed by atoms with Crippen molar-refractivity contribution in [3.05, 3.63) is 65.7 Å². The summed E-state index contributed by atoms with van der Waals surface area (Å²) in [5.41, 5.74) is 1.56. The molecular weight excluding hydrogens is 350 g/mol. The number of carbonyl (C=O) groups excluding carboxylic acids is 2. The monoisotopic (exact) mass is 371 g/mol. The SMILES string of the molecule is Cc1ccc(S(=O)(=O)N2C[C@@H](CC(=O)c3ccccc3)[C@H](C=O)C2)cc1. The lowest BCUT2D eigenvalue weighted by atomic mass is 9.90. The van der Waals surface area contributed by atoms with Crippen LogP contribution in [0.5, 0.6) is 0 Å². The van der Waals surface area contributed by atoms with Crippen LogP contribution in [0.1, 0.15) is 22.3 Å². The van der Waals surface area contributed by atoms with Crippen LogP contribution in [0.15, 0.2) is 59.5 Å². The lowest BCUT2D eigenvalue weighted by Crippen LogP contribution is -2.29. The molecule has 6 heteroatoms. The number of benzene rings is 2. The van der Waals surface area contributed by atoms with Crippen LogP contribution >= 0.6 is 0 Å². The average molecular weight is 371 g/mol. The topological polar surface area (TPSA) is 71.5 Å². The Kier molecular flexibility index (Phi) is 5.34. The lowest BCUT2D eigenvalue weighted by molar-refractivity contribution is -0.111. The molecule has 1 saturated heterocycles. The van der Waals surface area contributed by atoms with Gasteiger partial charge in [0.05, 0.1) is 4.90 Å². The molecule has 2 atom stereocenters. The molecule has 3 rings (SSSR count). The number of nitrogens with zero attached hydrogens (tertiary/aromatic N) is 1. The molecule has 0 amide bonds. The van der Waals surface area contributed by atoms with Crippen LogP contribution in [0.4, 0.5) is 0 Å². The highest BCUT2D eigenvalue weighted by Gasteiger charge is 2.40. The maximum Gasteiger partial charge on any atom is 0.243 e. The molecule has 0 aromatic heterocycles. The van der Waals surface area contributed by atoms with Gasteiger partial charge >= 0.3 is 0 Å². The van der Waals surface area contributed by atoms with Crippen LogP contribution in [-0.2, 0) is 14.8 Å². The summed E-state index contributed by atoms with van der Waals surface area (Å²) in [6, 6.07) is 15.5. The maximum atomic E-state index is 12.8. The van der Waals surface area contributed by atoms with E-state index in [0.29, 0.717) is 5.56 Å². The minimum atomic E-state index is -3.67. The van der Waals surface area contributed by atoms with Gasteiger partial charge in [-0.1, -0.05) is 48.0 Å². The summed E-state index contributed by atoms with van der Waals surface area (Å²) in [5.74, 6) is -0.847. The van der Waals surface area contributed by atoms with Crippen LogP contribution in [0.3, 0.4) is 0 Å². The summed E-state index contributed by atoms with van der Waals surface area (Å²) in [4.78, 5) is 24.1. The Bertz CT molecular complexity index is 891. The Morgan fingerprint density at radius 1 is 1.08 bits per heavy atom. The Hall–Kier alpha value is -2.31. The fourth-order valence-corrected chi connectivity index (χ4v) is 4.80. The second-order valence-corrected chi connectivity index (χ2v) is 8.63. The zero-order chi connectivity index (χ0) is 18.7.